The summed E-state index contributed by atoms with van der Waals surface area (Å²) in [4.78, 5) is 25.1. The van der Waals surface area contributed by atoms with Crippen LogP contribution in [0.1, 0.15) is 25.5 Å². The Labute approximate surface area is 128 Å². The Morgan fingerprint density at radius 2 is 2.14 bits per heavy atom. The van der Waals surface area contributed by atoms with Crippen molar-refractivity contribution >= 4 is 22.8 Å². The summed E-state index contributed by atoms with van der Waals surface area (Å²) >= 11 is 0. The molecule has 1 amide bonds. The number of furan rings is 1. The highest BCUT2D eigenvalue weighted by Crippen LogP contribution is 2.30. The standard InChI is InChI=1S/C17H19NO4/c1-17(16(20)21)8-9-18(11-17)15(19)7-6-13-10-12-4-2-3-5-14(12)22-13/h2-5,10H,6-9,11H2,1H3,(H,20,21)/t17-/m0/s1. The number of para-hydroxylation sites is 1. The van der Waals surface area contributed by atoms with Crippen molar-refractivity contribution in [3.05, 3.63) is 36.1 Å². The number of aliphatic carboxylic acids is 1. The number of carboxylic acid groups (broad SMARTS) is 1. The van der Waals surface area contributed by atoms with Gasteiger partial charge in [0.1, 0.15) is 11.3 Å². The summed E-state index contributed by atoms with van der Waals surface area (Å²) < 4.78 is 5.70. The fraction of sp³-hybridized carbons (Fsp3) is 0.412. The van der Waals surface area contributed by atoms with Crippen LogP contribution < -0.4 is 0 Å². The van der Waals surface area contributed by atoms with Gasteiger partial charge in [-0.15, -0.1) is 0 Å². The van der Waals surface area contributed by atoms with Crippen molar-refractivity contribution in [2.24, 2.45) is 5.41 Å². The molecule has 3 rings (SSSR count). The Bertz CT molecular complexity index is 687. The van der Waals surface area contributed by atoms with E-state index >= 15 is 0 Å². The maximum Gasteiger partial charge on any atom is 0.311 e. The number of rotatable bonds is 4. The lowest BCUT2D eigenvalue weighted by molar-refractivity contribution is -0.147. The Morgan fingerprint density at radius 3 is 2.82 bits per heavy atom. The summed E-state index contributed by atoms with van der Waals surface area (Å²) in [5, 5.41) is 10.2. The van der Waals surface area contributed by atoms with E-state index < -0.39 is 11.4 Å². The number of fused-ring (bicyclic) bond motifs is 1. The van der Waals surface area contributed by atoms with Gasteiger partial charge in [0.15, 0.2) is 0 Å². The van der Waals surface area contributed by atoms with Crippen LogP contribution in [0.5, 0.6) is 0 Å². The number of likely N-dealkylation sites (tertiary alicyclic amines) is 1. The van der Waals surface area contributed by atoms with E-state index in [9.17, 15) is 14.7 Å². The van der Waals surface area contributed by atoms with Crippen molar-refractivity contribution in [3.8, 4) is 0 Å². The van der Waals surface area contributed by atoms with Crippen LogP contribution in [0.15, 0.2) is 34.7 Å². The van der Waals surface area contributed by atoms with E-state index in [0.29, 0.717) is 32.4 Å². The number of carbonyl (C=O) groups is 2. The molecule has 1 fully saturated rings. The molecule has 1 atom stereocenters. The predicted octanol–water partition coefficient (Wildman–Crippen LogP) is 2.69. The molecule has 0 saturated carbocycles. The van der Waals surface area contributed by atoms with E-state index in [-0.39, 0.29) is 5.91 Å². The highest BCUT2D eigenvalue weighted by Gasteiger charge is 2.41. The number of carboxylic acids is 1. The lowest BCUT2D eigenvalue weighted by Gasteiger charge is -2.20. The molecule has 2 heterocycles. The number of amides is 1. The summed E-state index contributed by atoms with van der Waals surface area (Å²) in [6.07, 6.45) is 1.39. The highest BCUT2D eigenvalue weighted by molar-refractivity contribution is 5.81. The average molecular weight is 301 g/mol. The second kappa shape index (κ2) is 5.48. The van der Waals surface area contributed by atoms with E-state index in [1.807, 2.05) is 30.3 Å². The van der Waals surface area contributed by atoms with Crippen LogP contribution in [0.2, 0.25) is 0 Å². The molecule has 1 aromatic heterocycles. The topological polar surface area (TPSA) is 70.8 Å². The minimum atomic E-state index is -0.833. The van der Waals surface area contributed by atoms with Gasteiger partial charge in [-0.3, -0.25) is 9.59 Å². The van der Waals surface area contributed by atoms with E-state index in [4.69, 9.17) is 4.42 Å². The largest absolute Gasteiger partial charge is 0.481 e. The predicted molar refractivity (Wildman–Crippen MR) is 81.5 cm³/mol. The van der Waals surface area contributed by atoms with Gasteiger partial charge in [-0.05, 0) is 25.5 Å². The third-order valence-electron chi connectivity index (χ3n) is 4.40. The van der Waals surface area contributed by atoms with Crippen LogP contribution in [0.3, 0.4) is 0 Å². The zero-order valence-electron chi connectivity index (χ0n) is 12.5. The van der Waals surface area contributed by atoms with Crippen LogP contribution in [-0.2, 0) is 16.0 Å². The van der Waals surface area contributed by atoms with Gasteiger partial charge in [0.05, 0.1) is 5.41 Å². The first-order chi connectivity index (χ1) is 10.5. The van der Waals surface area contributed by atoms with Crippen LogP contribution in [-0.4, -0.2) is 35.0 Å². The molecule has 0 radical (unpaired) electrons. The summed E-state index contributed by atoms with van der Waals surface area (Å²) in [5.74, 6) is -0.0553. The van der Waals surface area contributed by atoms with Crippen LogP contribution in [0.4, 0.5) is 0 Å². The molecule has 1 aliphatic rings. The fourth-order valence-corrected chi connectivity index (χ4v) is 2.90. The minimum Gasteiger partial charge on any atom is -0.481 e. The van der Waals surface area contributed by atoms with Gasteiger partial charge >= 0.3 is 5.97 Å². The van der Waals surface area contributed by atoms with E-state index in [2.05, 4.69) is 0 Å². The van der Waals surface area contributed by atoms with Gasteiger partial charge in [0.25, 0.3) is 0 Å². The third-order valence-corrected chi connectivity index (χ3v) is 4.40. The first-order valence-corrected chi connectivity index (χ1v) is 7.47. The Hall–Kier alpha value is -2.30. The fourth-order valence-electron chi connectivity index (χ4n) is 2.90. The van der Waals surface area contributed by atoms with Gasteiger partial charge in [-0.2, -0.15) is 0 Å². The molecule has 22 heavy (non-hydrogen) atoms. The highest BCUT2D eigenvalue weighted by atomic mass is 16.4. The van der Waals surface area contributed by atoms with E-state index in [0.717, 1.165) is 16.7 Å². The van der Waals surface area contributed by atoms with Gasteiger partial charge in [0.2, 0.25) is 5.91 Å². The van der Waals surface area contributed by atoms with Crippen molar-refractivity contribution in [3.63, 3.8) is 0 Å². The SMILES string of the molecule is C[C@]1(C(=O)O)CCN(C(=O)CCc2cc3ccccc3o2)C1. The molecule has 2 aromatic rings. The van der Waals surface area contributed by atoms with E-state index in [1.165, 1.54) is 0 Å². The first-order valence-electron chi connectivity index (χ1n) is 7.47. The number of hydrogen-bond acceptors (Lipinski definition) is 3. The van der Waals surface area contributed by atoms with Crippen molar-refractivity contribution in [1.82, 2.24) is 4.90 Å². The molecule has 1 aromatic carbocycles. The number of hydrogen-bond donors (Lipinski definition) is 1. The molecule has 5 heteroatoms. The third kappa shape index (κ3) is 2.71. The Morgan fingerprint density at radius 1 is 1.36 bits per heavy atom. The summed E-state index contributed by atoms with van der Waals surface area (Å²) in [6, 6.07) is 9.69. The molecule has 1 aliphatic heterocycles. The molecule has 116 valence electrons. The Kier molecular flexibility index (Phi) is 3.64. The molecule has 0 bridgehead atoms. The molecule has 1 N–H and O–H groups in total. The molecule has 0 aliphatic carbocycles. The molecule has 1 saturated heterocycles. The molecule has 0 unspecified atom stereocenters. The smallest absolute Gasteiger partial charge is 0.311 e. The molecule has 5 nitrogen and oxygen atoms in total. The molecular weight excluding hydrogens is 282 g/mol. The number of nitrogens with zero attached hydrogens (tertiary/aromatic N) is 1. The zero-order valence-corrected chi connectivity index (χ0v) is 12.5. The summed E-state index contributed by atoms with van der Waals surface area (Å²) in [7, 11) is 0. The van der Waals surface area contributed by atoms with Crippen molar-refractivity contribution in [2.45, 2.75) is 26.2 Å². The number of carbonyl (C=O) groups excluding carboxylic acids is 1. The second-order valence-corrected chi connectivity index (χ2v) is 6.18. The Balaban J connectivity index is 1.60. The first kappa shape index (κ1) is 14.6. The van der Waals surface area contributed by atoms with Gasteiger partial charge < -0.3 is 14.4 Å². The second-order valence-electron chi connectivity index (χ2n) is 6.18. The maximum absolute atomic E-state index is 12.2. The summed E-state index contributed by atoms with van der Waals surface area (Å²) in [5.41, 5.74) is 0.0132. The van der Waals surface area contributed by atoms with Crippen molar-refractivity contribution in [2.75, 3.05) is 13.1 Å². The van der Waals surface area contributed by atoms with Crippen molar-refractivity contribution in [1.29, 1.82) is 0 Å². The van der Waals surface area contributed by atoms with Crippen molar-refractivity contribution < 1.29 is 19.1 Å². The quantitative estimate of drug-likeness (QED) is 0.942. The summed E-state index contributed by atoms with van der Waals surface area (Å²) in [6.45, 7) is 2.50. The normalized spacial score (nSPS) is 21.4. The number of benzene rings is 1. The van der Waals surface area contributed by atoms with Crippen LogP contribution in [0, 0.1) is 5.41 Å². The van der Waals surface area contributed by atoms with E-state index in [1.54, 1.807) is 11.8 Å². The van der Waals surface area contributed by atoms with Gasteiger partial charge in [-0.25, -0.2) is 0 Å². The average Bonchev–Trinajstić information content (AvgIpc) is 3.09. The maximum atomic E-state index is 12.2. The lowest BCUT2D eigenvalue weighted by atomic mass is 9.90. The number of aryl methyl sites for hydroxylation is 1. The van der Waals surface area contributed by atoms with Crippen LogP contribution in [0.25, 0.3) is 11.0 Å². The zero-order chi connectivity index (χ0) is 15.7. The lowest BCUT2D eigenvalue weighted by Crippen LogP contribution is -2.34. The molecule has 0 spiro atoms. The monoisotopic (exact) mass is 301 g/mol. The van der Waals surface area contributed by atoms with Crippen LogP contribution >= 0.6 is 0 Å². The minimum absolute atomic E-state index is 0.00886. The van der Waals surface area contributed by atoms with Gasteiger partial charge in [-0.1, -0.05) is 18.2 Å². The van der Waals surface area contributed by atoms with Gasteiger partial charge in [0, 0.05) is 31.3 Å². The molecular formula is C17H19NO4.